The Balaban J connectivity index is 1.59. The lowest BCUT2D eigenvalue weighted by Crippen LogP contribution is -2.50. The topological polar surface area (TPSA) is 101 Å². The standard InChI is InChI=1S/C20H29N3O5S/c1-16-7-9-18(23(25)26)15-19(16)29(27,28)22-13-11-21(12-14-22)20(24)10-8-17-5-3-2-4-6-17/h7,9,15,17H,2-6,8,10-14H2,1H3. The van der Waals surface area contributed by atoms with Crippen molar-refractivity contribution in [1.29, 1.82) is 0 Å². The van der Waals surface area contributed by atoms with E-state index in [9.17, 15) is 23.3 Å². The molecule has 2 fully saturated rings. The fraction of sp³-hybridized carbons (Fsp3) is 0.650. The van der Waals surface area contributed by atoms with Crippen LogP contribution in [0.4, 0.5) is 5.69 Å². The molecular weight excluding hydrogens is 394 g/mol. The Morgan fingerprint density at radius 1 is 1.14 bits per heavy atom. The minimum absolute atomic E-state index is 0.0382. The maximum absolute atomic E-state index is 13.0. The predicted molar refractivity (Wildman–Crippen MR) is 109 cm³/mol. The fourth-order valence-electron chi connectivity index (χ4n) is 4.26. The van der Waals surface area contributed by atoms with E-state index in [-0.39, 0.29) is 29.6 Å². The molecular formula is C20H29N3O5S. The molecule has 0 spiro atoms. The second-order valence-corrected chi connectivity index (χ2v) is 9.94. The van der Waals surface area contributed by atoms with E-state index < -0.39 is 14.9 Å². The van der Waals surface area contributed by atoms with Gasteiger partial charge in [0.25, 0.3) is 5.69 Å². The number of aryl methyl sites for hydroxylation is 1. The summed E-state index contributed by atoms with van der Waals surface area (Å²) in [5.41, 5.74) is 0.229. The van der Waals surface area contributed by atoms with Gasteiger partial charge >= 0.3 is 0 Å². The first-order chi connectivity index (χ1) is 13.8. The van der Waals surface area contributed by atoms with Gasteiger partial charge in [0.05, 0.1) is 9.82 Å². The van der Waals surface area contributed by atoms with E-state index in [1.165, 1.54) is 48.5 Å². The lowest BCUT2D eigenvalue weighted by Gasteiger charge is -2.34. The number of hydrogen-bond acceptors (Lipinski definition) is 5. The van der Waals surface area contributed by atoms with Crippen molar-refractivity contribution in [2.24, 2.45) is 5.92 Å². The number of non-ortho nitro benzene ring substituents is 1. The van der Waals surface area contributed by atoms with Gasteiger partial charge in [-0.25, -0.2) is 8.42 Å². The molecule has 1 saturated carbocycles. The molecule has 0 atom stereocenters. The molecule has 1 heterocycles. The van der Waals surface area contributed by atoms with E-state index in [4.69, 9.17) is 0 Å². The van der Waals surface area contributed by atoms with Gasteiger partial charge in [0.15, 0.2) is 0 Å². The number of nitrogens with zero attached hydrogens (tertiary/aromatic N) is 3. The van der Waals surface area contributed by atoms with E-state index in [0.717, 1.165) is 12.5 Å². The highest BCUT2D eigenvalue weighted by molar-refractivity contribution is 7.89. The van der Waals surface area contributed by atoms with Crippen molar-refractivity contribution in [1.82, 2.24) is 9.21 Å². The quantitative estimate of drug-likeness (QED) is 0.517. The lowest BCUT2D eigenvalue weighted by molar-refractivity contribution is -0.385. The monoisotopic (exact) mass is 423 g/mol. The summed E-state index contributed by atoms with van der Waals surface area (Å²) < 4.78 is 27.3. The van der Waals surface area contributed by atoms with Crippen LogP contribution in [0.5, 0.6) is 0 Å². The van der Waals surface area contributed by atoms with E-state index in [0.29, 0.717) is 31.0 Å². The Hall–Kier alpha value is -2.00. The largest absolute Gasteiger partial charge is 0.340 e. The molecule has 0 unspecified atom stereocenters. The summed E-state index contributed by atoms with van der Waals surface area (Å²) in [4.78, 5) is 24.6. The molecule has 0 radical (unpaired) electrons. The molecule has 29 heavy (non-hydrogen) atoms. The van der Waals surface area contributed by atoms with Crippen LogP contribution < -0.4 is 0 Å². The first-order valence-electron chi connectivity index (χ1n) is 10.3. The van der Waals surface area contributed by atoms with Crippen LogP contribution in [0.3, 0.4) is 0 Å². The first kappa shape index (κ1) is 21.7. The third kappa shape index (κ3) is 5.14. The van der Waals surface area contributed by atoms with Crippen LogP contribution in [-0.2, 0) is 14.8 Å². The van der Waals surface area contributed by atoms with Gasteiger partial charge in [0.2, 0.25) is 15.9 Å². The van der Waals surface area contributed by atoms with Gasteiger partial charge in [-0.15, -0.1) is 0 Å². The minimum Gasteiger partial charge on any atom is -0.340 e. The highest BCUT2D eigenvalue weighted by Crippen LogP contribution is 2.28. The van der Waals surface area contributed by atoms with Crippen molar-refractivity contribution in [3.05, 3.63) is 33.9 Å². The van der Waals surface area contributed by atoms with Crippen molar-refractivity contribution < 1.29 is 18.1 Å². The molecule has 1 aromatic carbocycles. The van der Waals surface area contributed by atoms with Crippen molar-refractivity contribution in [2.45, 2.75) is 56.8 Å². The van der Waals surface area contributed by atoms with Crippen LogP contribution in [0.15, 0.2) is 23.1 Å². The van der Waals surface area contributed by atoms with Gasteiger partial charge in [-0.3, -0.25) is 14.9 Å². The maximum Gasteiger partial charge on any atom is 0.270 e. The average molecular weight is 424 g/mol. The number of amides is 1. The van der Waals surface area contributed by atoms with Crippen LogP contribution in [0, 0.1) is 23.0 Å². The second-order valence-electron chi connectivity index (χ2n) is 8.03. The Kier molecular flexibility index (Phi) is 6.89. The van der Waals surface area contributed by atoms with Gasteiger partial charge in [-0.2, -0.15) is 4.31 Å². The van der Waals surface area contributed by atoms with E-state index >= 15 is 0 Å². The van der Waals surface area contributed by atoms with Crippen molar-refractivity contribution in [3.8, 4) is 0 Å². The molecule has 8 nitrogen and oxygen atoms in total. The lowest BCUT2D eigenvalue weighted by atomic mass is 9.86. The molecule has 160 valence electrons. The zero-order chi connectivity index (χ0) is 21.0. The van der Waals surface area contributed by atoms with Gasteiger partial charge < -0.3 is 4.90 Å². The summed E-state index contributed by atoms with van der Waals surface area (Å²) in [6, 6.07) is 3.87. The normalized spacial score (nSPS) is 19.3. The van der Waals surface area contributed by atoms with Crippen molar-refractivity contribution in [2.75, 3.05) is 26.2 Å². The number of carbonyl (C=O) groups is 1. The molecule has 0 N–H and O–H groups in total. The number of carbonyl (C=O) groups excluding carboxylic acids is 1. The number of benzene rings is 1. The number of nitro groups is 1. The molecule has 0 bridgehead atoms. The third-order valence-corrected chi connectivity index (χ3v) is 8.12. The zero-order valence-corrected chi connectivity index (χ0v) is 17.7. The molecule has 9 heteroatoms. The molecule has 1 aliphatic heterocycles. The first-order valence-corrected chi connectivity index (χ1v) is 11.8. The Morgan fingerprint density at radius 2 is 1.79 bits per heavy atom. The zero-order valence-electron chi connectivity index (χ0n) is 16.9. The van der Waals surface area contributed by atoms with Gasteiger partial charge in [-0.05, 0) is 24.8 Å². The SMILES string of the molecule is Cc1ccc([N+](=O)[O-])cc1S(=O)(=O)N1CCN(C(=O)CCC2CCCCC2)CC1. The molecule has 2 aliphatic rings. The van der Waals surface area contributed by atoms with Crippen LogP contribution in [0.2, 0.25) is 0 Å². The van der Waals surface area contributed by atoms with Gasteiger partial charge in [-0.1, -0.05) is 38.2 Å². The van der Waals surface area contributed by atoms with E-state index in [2.05, 4.69) is 0 Å². The number of piperazine rings is 1. The Bertz CT molecular complexity index is 857. The summed E-state index contributed by atoms with van der Waals surface area (Å²) >= 11 is 0. The van der Waals surface area contributed by atoms with Gasteiger partial charge in [0, 0.05) is 44.7 Å². The molecule has 1 aliphatic carbocycles. The molecule has 1 amide bonds. The van der Waals surface area contributed by atoms with Gasteiger partial charge in [0.1, 0.15) is 0 Å². The Morgan fingerprint density at radius 3 is 2.41 bits per heavy atom. The average Bonchev–Trinajstić information content (AvgIpc) is 2.73. The molecule has 3 rings (SSSR count). The molecule has 1 aromatic rings. The maximum atomic E-state index is 13.0. The van der Waals surface area contributed by atoms with E-state index in [1.54, 1.807) is 11.8 Å². The van der Waals surface area contributed by atoms with Crippen molar-refractivity contribution in [3.63, 3.8) is 0 Å². The number of hydrogen-bond donors (Lipinski definition) is 0. The second kappa shape index (κ2) is 9.21. The molecule has 1 saturated heterocycles. The minimum atomic E-state index is -3.84. The van der Waals surface area contributed by atoms with Crippen LogP contribution >= 0.6 is 0 Å². The summed E-state index contributed by atoms with van der Waals surface area (Å²) in [5, 5.41) is 11.0. The number of rotatable bonds is 6. The van der Waals surface area contributed by atoms with Crippen LogP contribution in [-0.4, -0.2) is 54.6 Å². The predicted octanol–water partition coefficient (Wildman–Crippen LogP) is 3.10. The summed E-state index contributed by atoms with van der Waals surface area (Å²) in [6.07, 6.45) is 7.68. The Labute approximate surface area is 172 Å². The summed E-state index contributed by atoms with van der Waals surface area (Å²) in [6.45, 7) is 2.76. The smallest absolute Gasteiger partial charge is 0.270 e. The number of sulfonamides is 1. The van der Waals surface area contributed by atoms with E-state index in [1.807, 2.05) is 0 Å². The fourth-order valence-corrected chi connectivity index (χ4v) is 5.93. The van der Waals surface area contributed by atoms with Crippen LogP contribution in [0.1, 0.15) is 50.5 Å². The number of nitro benzene ring substituents is 1. The molecule has 0 aromatic heterocycles. The summed E-state index contributed by atoms with van der Waals surface area (Å²) in [5.74, 6) is 0.741. The highest BCUT2D eigenvalue weighted by atomic mass is 32.2. The van der Waals surface area contributed by atoms with Crippen LogP contribution in [0.25, 0.3) is 0 Å². The third-order valence-electron chi connectivity index (χ3n) is 6.08. The van der Waals surface area contributed by atoms with Crippen molar-refractivity contribution >= 4 is 21.6 Å². The summed E-state index contributed by atoms with van der Waals surface area (Å²) in [7, 11) is -3.84. The highest BCUT2D eigenvalue weighted by Gasteiger charge is 2.32.